The zero-order chi connectivity index (χ0) is 14.8. The molecule has 0 bridgehead atoms. The number of hydrogen-bond acceptors (Lipinski definition) is 5. The summed E-state index contributed by atoms with van der Waals surface area (Å²) in [4.78, 5) is 13.0. The Hall–Kier alpha value is -1.79. The van der Waals surface area contributed by atoms with Gasteiger partial charge in [0.1, 0.15) is 10.6 Å². The minimum atomic E-state index is -0.133. The van der Waals surface area contributed by atoms with Gasteiger partial charge < -0.3 is 20.5 Å². The molecule has 5 nitrogen and oxygen atoms in total. The van der Waals surface area contributed by atoms with Gasteiger partial charge in [0.05, 0.1) is 30.8 Å². The summed E-state index contributed by atoms with van der Waals surface area (Å²) in [7, 11) is 1.60. The van der Waals surface area contributed by atoms with Gasteiger partial charge in [0, 0.05) is 11.3 Å². The Morgan fingerprint density at radius 3 is 3.10 bits per heavy atom. The summed E-state index contributed by atoms with van der Waals surface area (Å²) in [6.45, 7) is 1.34. The molecule has 1 aliphatic rings. The molecular formula is C15H18N2O3S. The molecule has 0 saturated carbocycles. The van der Waals surface area contributed by atoms with Gasteiger partial charge in [-0.3, -0.25) is 4.79 Å². The Balaban J connectivity index is 1.89. The third kappa shape index (κ3) is 2.69. The Labute approximate surface area is 127 Å². The molecule has 112 valence electrons. The average molecular weight is 306 g/mol. The van der Waals surface area contributed by atoms with Crippen LogP contribution in [0.2, 0.25) is 0 Å². The van der Waals surface area contributed by atoms with Crippen LogP contribution in [0.15, 0.2) is 18.2 Å². The van der Waals surface area contributed by atoms with E-state index in [1.54, 1.807) is 7.11 Å². The van der Waals surface area contributed by atoms with Crippen molar-refractivity contribution in [2.75, 3.05) is 26.1 Å². The monoisotopic (exact) mass is 306 g/mol. The summed E-state index contributed by atoms with van der Waals surface area (Å²) in [6, 6.07) is 5.76. The number of anilines is 1. The fraction of sp³-hybridized carbons (Fsp3) is 0.400. The molecule has 0 spiro atoms. The molecular weight excluding hydrogens is 288 g/mol. The molecule has 1 aliphatic heterocycles. The van der Waals surface area contributed by atoms with Gasteiger partial charge in [0.25, 0.3) is 5.91 Å². The number of amides is 1. The molecule has 3 N–H and O–H groups in total. The van der Waals surface area contributed by atoms with Crippen LogP contribution in [-0.4, -0.2) is 32.3 Å². The van der Waals surface area contributed by atoms with Crippen LogP contribution >= 0.6 is 11.3 Å². The van der Waals surface area contributed by atoms with Crippen molar-refractivity contribution in [2.24, 2.45) is 0 Å². The third-order valence-corrected chi connectivity index (χ3v) is 4.81. The first-order chi connectivity index (χ1) is 10.2. The van der Waals surface area contributed by atoms with E-state index in [2.05, 4.69) is 5.32 Å². The summed E-state index contributed by atoms with van der Waals surface area (Å²) in [6.07, 6.45) is 1.92. The van der Waals surface area contributed by atoms with E-state index < -0.39 is 0 Å². The second kappa shape index (κ2) is 5.91. The van der Waals surface area contributed by atoms with E-state index in [1.807, 2.05) is 18.2 Å². The number of methoxy groups -OCH3 is 1. The molecule has 6 heteroatoms. The van der Waals surface area contributed by atoms with Gasteiger partial charge in [-0.15, -0.1) is 11.3 Å². The fourth-order valence-electron chi connectivity index (χ4n) is 2.58. The smallest absolute Gasteiger partial charge is 0.263 e. The van der Waals surface area contributed by atoms with Crippen LogP contribution in [0.5, 0.6) is 5.75 Å². The molecule has 0 radical (unpaired) electrons. The minimum Gasteiger partial charge on any atom is -0.496 e. The predicted octanol–water partition coefficient (Wildman–Crippen LogP) is 2.40. The Kier molecular flexibility index (Phi) is 3.98. The predicted molar refractivity (Wildman–Crippen MR) is 84.1 cm³/mol. The summed E-state index contributed by atoms with van der Waals surface area (Å²) < 4.78 is 11.7. The van der Waals surface area contributed by atoms with E-state index in [1.165, 1.54) is 11.3 Å². The lowest BCUT2D eigenvalue weighted by Gasteiger charge is -2.22. The molecule has 1 fully saturated rings. The molecule has 3 rings (SSSR count). The second-order valence-electron chi connectivity index (χ2n) is 5.07. The maximum Gasteiger partial charge on any atom is 0.263 e. The van der Waals surface area contributed by atoms with Gasteiger partial charge in [-0.1, -0.05) is 6.07 Å². The zero-order valence-electron chi connectivity index (χ0n) is 11.8. The average Bonchev–Trinajstić information content (AvgIpc) is 2.86. The van der Waals surface area contributed by atoms with Crippen LogP contribution in [0.25, 0.3) is 10.1 Å². The molecule has 1 saturated heterocycles. The lowest BCUT2D eigenvalue weighted by atomic mass is 10.1. The molecule has 2 aromatic rings. The molecule has 2 heterocycles. The lowest BCUT2D eigenvalue weighted by molar-refractivity contribution is 0.0626. The van der Waals surface area contributed by atoms with Crippen molar-refractivity contribution in [3.63, 3.8) is 0 Å². The van der Waals surface area contributed by atoms with Crippen molar-refractivity contribution in [3.8, 4) is 5.75 Å². The van der Waals surface area contributed by atoms with Crippen LogP contribution in [0.3, 0.4) is 0 Å². The molecule has 1 aromatic carbocycles. The van der Waals surface area contributed by atoms with E-state index in [0.717, 1.165) is 29.5 Å². The number of ether oxygens (including phenoxy) is 2. The van der Waals surface area contributed by atoms with Crippen LogP contribution in [-0.2, 0) is 4.74 Å². The number of nitrogens with two attached hydrogens (primary N) is 1. The topological polar surface area (TPSA) is 73.6 Å². The number of nitrogens with one attached hydrogen (secondary N) is 1. The van der Waals surface area contributed by atoms with E-state index >= 15 is 0 Å². The van der Waals surface area contributed by atoms with Crippen molar-refractivity contribution in [1.82, 2.24) is 5.32 Å². The van der Waals surface area contributed by atoms with Crippen molar-refractivity contribution >= 4 is 33.0 Å². The fourth-order valence-corrected chi connectivity index (χ4v) is 3.63. The van der Waals surface area contributed by atoms with Gasteiger partial charge >= 0.3 is 0 Å². The van der Waals surface area contributed by atoms with Crippen molar-refractivity contribution < 1.29 is 14.3 Å². The molecule has 1 amide bonds. The molecule has 1 atom stereocenters. The molecule has 1 unspecified atom stereocenters. The van der Waals surface area contributed by atoms with Crippen LogP contribution in [0, 0.1) is 0 Å². The van der Waals surface area contributed by atoms with Gasteiger partial charge in [-0.05, 0) is 25.0 Å². The normalized spacial score (nSPS) is 18.6. The van der Waals surface area contributed by atoms with Gasteiger partial charge in [-0.2, -0.15) is 0 Å². The van der Waals surface area contributed by atoms with E-state index in [4.69, 9.17) is 15.2 Å². The quantitative estimate of drug-likeness (QED) is 0.913. The number of carbonyl (C=O) groups excluding carboxylic acids is 1. The van der Waals surface area contributed by atoms with Crippen molar-refractivity contribution in [3.05, 3.63) is 23.1 Å². The maximum absolute atomic E-state index is 12.4. The van der Waals surface area contributed by atoms with Gasteiger partial charge in [0.2, 0.25) is 0 Å². The molecule has 1 aromatic heterocycles. The van der Waals surface area contributed by atoms with Crippen molar-refractivity contribution in [2.45, 2.75) is 18.9 Å². The van der Waals surface area contributed by atoms with E-state index in [0.29, 0.717) is 22.9 Å². The summed E-state index contributed by atoms with van der Waals surface area (Å²) in [5, 5.41) is 3.81. The number of hydrogen-bond donors (Lipinski definition) is 2. The first kappa shape index (κ1) is 14.2. The third-order valence-electron chi connectivity index (χ3n) is 3.64. The number of benzene rings is 1. The number of nitrogen functional groups attached to an aromatic ring is 1. The number of fused-ring (bicyclic) bond motifs is 1. The Bertz CT molecular complexity index is 662. The summed E-state index contributed by atoms with van der Waals surface area (Å²) in [5.74, 6) is 0.563. The summed E-state index contributed by atoms with van der Waals surface area (Å²) >= 11 is 1.39. The standard InChI is InChI=1S/C15H18N2O3S/c1-19-10-5-2-6-11-12(10)13(16)14(21-11)15(18)17-9-4-3-7-20-8-9/h2,5-6,9H,3-4,7-8,16H2,1H3,(H,17,18). The highest BCUT2D eigenvalue weighted by molar-refractivity contribution is 7.21. The lowest BCUT2D eigenvalue weighted by Crippen LogP contribution is -2.40. The van der Waals surface area contributed by atoms with Crippen LogP contribution in [0.4, 0.5) is 5.69 Å². The molecule has 0 aliphatic carbocycles. The molecule has 21 heavy (non-hydrogen) atoms. The van der Waals surface area contributed by atoms with Crippen molar-refractivity contribution in [1.29, 1.82) is 0 Å². The maximum atomic E-state index is 12.4. The Morgan fingerprint density at radius 2 is 2.38 bits per heavy atom. The highest BCUT2D eigenvalue weighted by Gasteiger charge is 2.22. The van der Waals surface area contributed by atoms with E-state index in [-0.39, 0.29) is 11.9 Å². The first-order valence-electron chi connectivity index (χ1n) is 6.94. The SMILES string of the molecule is COc1cccc2sc(C(=O)NC3CCCOC3)c(N)c12. The first-order valence-corrected chi connectivity index (χ1v) is 7.76. The van der Waals surface area contributed by atoms with Crippen LogP contribution < -0.4 is 15.8 Å². The number of carbonyl (C=O) groups is 1. The zero-order valence-corrected chi connectivity index (χ0v) is 12.7. The highest BCUT2D eigenvalue weighted by atomic mass is 32.1. The minimum absolute atomic E-state index is 0.0674. The summed E-state index contributed by atoms with van der Waals surface area (Å²) in [5.41, 5.74) is 6.65. The van der Waals surface area contributed by atoms with E-state index in [9.17, 15) is 4.79 Å². The largest absolute Gasteiger partial charge is 0.496 e. The highest BCUT2D eigenvalue weighted by Crippen LogP contribution is 2.39. The second-order valence-corrected chi connectivity index (χ2v) is 6.12. The van der Waals surface area contributed by atoms with Gasteiger partial charge in [-0.25, -0.2) is 0 Å². The number of thiophene rings is 1. The van der Waals surface area contributed by atoms with Crippen LogP contribution in [0.1, 0.15) is 22.5 Å². The number of rotatable bonds is 3. The Morgan fingerprint density at radius 1 is 1.52 bits per heavy atom. The van der Waals surface area contributed by atoms with Gasteiger partial charge in [0.15, 0.2) is 0 Å².